The Hall–Kier alpha value is -1.23. The first-order valence-electron chi connectivity index (χ1n) is 6.92. The summed E-state index contributed by atoms with van der Waals surface area (Å²) in [4.78, 5) is 2.14. The first-order chi connectivity index (χ1) is 10.0. The monoisotopic (exact) mass is 350 g/mol. The van der Waals surface area contributed by atoms with Crippen molar-refractivity contribution in [3.8, 4) is 0 Å². The zero-order chi connectivity index (χ0) is 15.4. The Bertz CT molecular complexity index is 615. The molecule has 0 aliphatic carbocycles. The van der Waals surface area contributed by atoms with Crippen LogP contribution in [0, 0.1) is 12.7 Å². The molecule has 2 N–H and O–H groups in total. The molecule has 0 aromatic heterocycles. The van der Waals surface area contributed by atoms with Crippen molar-refractivity contribution in [2.24, 2.45) is 5.73 Å². The molecule has 0 bridgehead atoms. The van der Waals surface area contributed by atoms with Gasteiger partial charge >= 0.3 is 0 Å². The fourth-order valence-electron chi connectivity index (χ4n) is 2.42. The van der Waals surface area contributed by atoms with E-state index >= 15 is 0 Å². The molecular formula is C17H20BrFN2. The Balaban J connectivity index is 2.18. The van der Waals surface area contributed by atoms with Gasteiger partial charge in [-0.15, -0.1) is 0 Å². The van der Waals surface area contributed by atoms with Gasteiger partial charge in [-0.1, -0.05) is 40.2 Å². The van der Waals surface area contributed by atoms with Crippen LogP contribution >= 0.6 is 15.9 Å². The molecule has 0 amide bonds. The number of rotatable bonds is 5. The van der Waals surface area contributed by atoms with Crippen molar-refractivity contribution < 1.29 is 4.39 Å². The largest absolute Gasteiger partial charge is 0.329 e. The van der Waals surface area contributed by atoms with Crippen LogP contribution in [0.1, 0.15) is 22.7 Å². The number of likely N-dealkylation sites (N-methyl/N-ethyl adjacent to an activating group) is 1. The third-order valence-corrected chi connectivity index (χ3v) is 4.15. The van der Waals surface area contributed by atoms with Crippen LogP contribution in [0.2, 0.25) is 0 Å². The summed E-state index contributed by atoms with van der Waals surface area (Å²) in [7, 11) is 2.01. The van der Waals surface area contributed by atoms with Crippen LogP contribution in [-0.4, -0.2) is 18.5 Å². The molecule has 2 aromatic carbocycles. The third-order valence-electron chi connectivity index (χ3n) is 3.66. The van der Waals surface area contributed by atoms with Crippen LogP contribution in [0.25, 0.3) is 0 Å². The summed E-state index contributed by atoms with van der Waals surface area (Å²) in [6.07, 6.45) is 0. The second-order valence-electron chi connectivity index (χ2n) is 5.31. The second kappa shape index (κ2) is 7.16. The van der Waals surface area contributed by atoms with Crippen molar-refractivity contribution in [3.05, 3.63) is 69.4 Å². The van der Waals surface area contributed by atoms with Crippen molar-refractivity contribution in [1.82, 2.24) is 4.90 Å². The molecule has 0 aliphatic rings. The molecule has 21 heavy (non-hydrogen) atoms. The highest BCUT2D eigenvalue weighted by atomic mass is 79.9. The van der Waals surface area contributed by atoms with Gasteiger partial charge in [-0.05, 0) is 48.9 Å². The van der Waals surface area contributed by atoms with Gasteiger partial charge in [0.2, 0.25) is 0 Å². The molecule has 0 radical (unpaired) electrons. The predicted octanol–water partition coefficient (Wildman–Crippen LogP) is 4.03. The zero-order valence-corrected chi connectivity index (χ0v) is 13.9. The maximum absolute atomic E-state index is 13.8. The first-order valence-corrected chi connectivity index (χ1v) is 7.71. The molecule has 0 heterocycles. The van der Waals surface area contributed by atoms with E-state index in [-0.39, 0.29) is 11.9 Å². The van der Waals surface area contributed by atoms with E-state index in [2.05, 4.69) is 33.0 Å². The summed E-state index contributed by atoms with van der Waals surface area (Å²) >= 11 is 3.48. The van der Waals surface area contributed by atoms with E-state index in [0.29, 0.717) is 12.1 Å². The number of aryl methyl sites for hydroxylation is 1. The molecule has 112 valence electrons. The van der Waals surface area contributed by atoms with Crippen molar-refractivity contribution in [3.63, 3.8) is 0 Å². The van der Waals surface area contributed by atoms with Gasteiger partial charge in [0.05, 0.1) is 0 Å². The Labute approximate surface area is 133 Å². The minimum Gasteiger partial charge on any atom is -0.329 e. The number of nitrogens with zero attached hydrogens (tertiary/aromatic N) is 1. The van der Waals surface area contributed by atoms with Gasteiger partial charge in [0.25, 0.3) is 0 Å². The molecule has 0 aliphatic heterocycles. The lowest BCUT2D eigenvalue weighted by atomic mass is 10.0. The van der Waals surface area contributed by atoms with E-state index in [1.807, 2.05) is 25.2 Å². The summed E-state index contributed by atoms with van der Waals surface area (Å²) < 4.78 is 14.8. The molecule has 0 saturated carbocycles. The van der Waals surface area contributed by atoms with Gasteiger partial charge in [0.15, 0.2) is 0 Å². The highest BCUT2D eigenvalue weighted by molar-refractivity contribution is 9.10. The van der Waals surface area contributed by atoms with Crippen LogP contribution in [0.4, 0.5) is 4.39 Å². The Morgan fingerprint density at radius 2 is 2.00 bits per heavy atom. The van der Waals surface area contributed by atoms with Gasteiger partial charge in [-0.2, -0.15) is 0 Å². The van der Waals surface area contributed by atoms with Crippen molar-refractivity contribution >= 4 is 15.9 Å². The van der Waals surface area contributed by atoms with E-state index in [1.165, 1.54) is 5.56 Å². The fourth-order valence-corrected chi connectivity index (χ4v) is 2.87. The van der Waals surface area contributed by atoms with Gasteiger partial charge in [0, 0.05) is 23.6 Å². The summed E-state index contributed by atoms with van der Waals surface area (Å²) in [6.45, 7) is 2.98. The SMILES string of the molecule is Cc1ccc(C(CN)N(C)Cc2cccc(Br)c2)cc1F. The predicted molar refractivity (Wildman–Crippen MR) is 88.5 cm³/mol. The number of halogens is 2. The summed E-state index contributed by atoms with van der Waals surface area (Å²) in [5.74, 6) is -0.179. The van der Waals surface area contributed by atoms with Crippen LogP contribution in [0.5, 0.6) is 0 Å². The lowest BCUT2D eigenvalue weighted by molar-refractivity contribution is 0.241. The van der Waals surface area contributed by atoms with Gasteiger partial charge < -0.3 is 5.73 Å². The minimum absolute atomic E-state index is 0.000850. The van der Waals surface area contributed by atoms with Gasteiger partial charge in [-0.25, -0.2) is 4.39 Å². The van der Waals surface area contributed by atoms with E-state index in [4.69, 9.17) is 5.73 Å². The maximum Gasteiger partial charge on any atom is 0.126 e. The summed E-state index contributed by atoms with van der Waals surface area (Å²) in [5, 5.41) is 0. The van der Waals surface area contributed by atoms with E-state index in [1.54, 1.807) is 19.1 Å². The Morgan fingerprint density at radius 1 is 1.24 bits per heavy atom. The lowest BCUT2D eigenvalue weighted by Crippen LogP contribution is -2.30. The highest BCUT2D eigenvalue weighted by Crippen LogP contribution is 2.23. The van der Waals surface area contributed by atoms with Crippen molar-refractivity contribution in [2.45, 2.75) is 19.5 Å². The average molecular weight is 351 g/mol. The number of hydrogen-bond donors (Lipinski definition) is 1. The molecule has 0 fully saturated rings. The van der Waals surface area contributed by atoms with Crippen LogP contribution < -0.4 is 5.73 Å². The molecule has 4 heteroatoms. The van der Waals surface area contributed by atoms with Gasteiger partial charge in [0.1, 0.15) is 5.82 Å². The normalized spacial score (nSPS) is 12.7. The molecule has 0 spiro atoms. The molecule has 2 rings (SSSR count). The van der Waals surface area contributed by atoms with Crippen molar-refractivity contribution in [2.75, 3.05) is 13.6 Å². The molecule has 1 atom stereocenters. The Kier molecular flexibility index (Phi) is 5.51. The molecule has 2 aromatic rings. The summed E-state index contributed by atoms with van der Waals surface area (Å²) in [6, 6.07) is 13.5. The standard InChI is InChI=1S/C17H20BrFN2/c1-12-6-7-14(9-16(12)19)17(10-20)21(2)11-13-4-3-5-15(18)8-13/h3-9,17H,10-11,20H2,1-2H3. The van der Waals surface area contributed by atoms with Crippen LogP contribution in [0.3, 0.4) is 0 Å². The van der Waals surface area contributed by atoms with E-state index < -0.39 is 0 Å². The number of hydrogen-bond acceptors (Lipinski definition) is 2. The number of nitrogens with two attached hydrogens (primary N) is 1. The fraction of sp³-hybridized carbons (Fsp3) is 0.294. The quantitative estimate of drug-likeness (QED) is 0.881. The highest BCUT2D eigenvalue weighted by Gasteiger charge is 2.17. The number of benzene rings is 2. The molecule has 1 unspecified atom stereocenters. The second-order valence-corrected chi connectivity index (χ2v) is 6.22. The minimum atomic E-state index is -0.179. The molecule has 2 nitrogen and oxygen atoms in total. The molecular weight excluding hydrogens is 331 g/mol. The third kappa shape index (κ3) is 4.13. The van der Waals surface area contributed by atoms with E-state index in [0.717, 1.165) is 16.6 Å². The van der Waals surface area contributed by atoms with Crippen molar-refractivity contribution in [1.29, 1.82) is 0 Å². The van der Waals surface area contributed by atoms with Crippen LogP contribution in [0.15, 0.2) is 46.9 Å². The lowest BCUT2D eigenvalue weighted by Gasteiger charge is -2.27. The van der Waals surface area contributed by atoms with Gasteiger partial charge in [-0.3, -0.25) is 4.90 Å². The topological polar surface area (TPSA) is 29.3 Å². The maximum atomic E-state index is 13.8. The first kappa shape index (κ1) is 16.1. The summed E-state index contributed by atoms with van der Waals surface area (Å²) in [5.41, 5.74) is 8.67. The zero-order valence-electron chi connectivity index (χ0n) is 12.3. The molecule has 0 saturated heterocycles. The smallest absolute Gasteiger partial charge is 0.126 e. The average Bonchev–Trinajstić information content (AvgIpc) is 2.43. The Morgan fingerprint density at radius 3 is 2.62 bits per heavy atom. The van der Waals surface area contributed by atoms with Crippen LogP contribution in [-0.2, 0) is 6.54 Å². The van der Waals surface area contributed by atoms with E-state index in [9.17, 15) is 4.39 Å².